The number of benzene rings is 2. The summed E-state index contributed by atoms with van der Waals surface area (Å²) in [7, 11) is 0. The quantitative estimate of drug-likeness (QED) is 0.642. The monoisotopic (exact) mass is 398 g/mol. The van der Waals surface area contributed by atoms with E-state index in [0.29, 0.717) is 17.4 Å². The molecule has 0 unspecified atom stereocenters. The largest absolute Gasteiger partial charge is 0.454 e. The lowest BCUT2D eigenvalue weighted by atomic mass is 10.2. The summed E-state index contributed by atoms with van der Waals surface area (Å²) in [5.74, 6) is 1.16. The second-order valence-electron chi connectivity index (χ2n) is 6.48. The topological polar surface area (TPSA) is 60.3 Å². The van der Waals surface area contributed by atoms with Crippen LogP contribution in [0.4, 0.5) is 15.8 Å². The molecule has 0 bridgehead atoms. The van der Waals surface area contributed by atoms with Crippen molar-refractivity contribution in [1.82, 2.24) is 9.78 Å². The van der Waals surface area contributed by atoms with Crippen LogP contribution in [0.5, 0.6) is 11.5 Å². The van der Waals surface area contributed by atoms with Gasteiger partial charge < -0.3 is 20.1 Å². The number of nitrogens with zero attached hydrogens (tertiary/aromatic N) is 2. The van der Waals surface area contributed by atoms with Crippen LogP contribution >= 0.6 is 12.2 Å². The summed E-state index contributed by atoms with van der Waals surface area (Å²) in [5.41, 5.74) is 4.39. The third-order valence-electron chi connectivity index (χ3n) is 4.50. The maximum atomic E-state index is 13.1. The van der Waals surface area contributed by atoms with Crippen molar-refractivity contribution in [3.05, 3.63) is 65.2 Å². The highest BCUT2D eigenvalue weighted by molar-refractivity contribution is 7.80. The highest BCUT2D eigenvalue weighted by atomic mass is 32.1. The van der Waals surface area contributed by atoms with Crippen molar-refractivity contribution in [3.8, 4) is 11.5 Å². The molecule has 8 heteroatoms. The first kappa shape index (κ1) is 18.2. The third kappa shape index (κ3) is 3.77. The molecule has 1 aliphatic heterocycles. The van der Waals surface area contributed by atoms with Crippen LogP contribution in [-0.2, 0) is 6.54 Å². The molecule has 3 aromatic rings. The summed E-state index contributed by atoms with van der Waals surface area (Å²) >= 11 is 5.45. The van der Waals surface area contributed by atoms with E-state index in [1.165, 1.54) is 12.1 Å². The van der Waals surface area contributed by atoms with Crippen molar-refractivity contribution in [2.24, 2.45) is 0 Å². The fourth-order valence-electron chi connectivity index (χ4n) is 3.04. The number of rotatable bonds is 4. The number of thiocarbonyl (C=S) groups is 1. The number of aryl methyl sites for hydroxylation is 1. The van der Waals surface area contributed by atoms with Crippen LogP contribution in [0, 0.1) is 19.7 Å². The molecule has 0 spiro atoms. The lowest BCUT2D eigenvalue weighted by Crippen LogP contribution is -2.20. The van der Waals surface area contributed by atoms with Gasteiger partial charge in [-0.3, -0.25) is 4.68 Å². The maximum absolute atomic E-state index is 13.1. The van der Waals surface area contributed by atoms with Gasteiger partial charge in [-0.2, -0.15) is 5.10 Å². The summed E-state index contributed by atoms with van der Waals surface area (Å²) in [4.78, 5) is 0. The zero-order chi connectivity index (χ0) is 19.7. The highest BCUT2D eigenvalue weighted by Crippen LogP contribution is 2.34. The summed E-state index contributed by atoms with van der Waals surface area (Å²) in [6.07, 6.45) is 0. The predicted molar refractivity (Wildman–Crippen MR) is 110 cm³/mol. The molecule has 0 radical (unpaired) electrons. The summed E-state index contributed by atoms with van der Waals surface area (Å²) in [5, 5.41) is 11.4. The second-order valence-corrected chi connectivity index (χ2v) is 6.89. The molecular weight excluding hydrogens is 379 g/mol. The van der Waals surface area contributed by atoms with Crippen molar-refractivity contribution in [2.75, 3.05) is 17.4 Å². The predicted octanol–water partition coefficient (Wildman–Crippen LogP) is 4.22. The van der Waals surface area contributed by atoms with E-state index < -0.39 is 0 Å². The normalized spacial score (nSPS) is 12.1. The molecule has 6 nitrogen and oxygen atoms in total. The Morgan fingerprint density at radius 3 is 2.64 bits per heavy atom. The number of fused-ring (bicyclic) bond motifs is 1. The average molecular weight is 398 g/mol. The zero-order valence-electron chi connectivity index (χ0n) is 15.5. The summed E-state index contributed by atoms with van der Waals surface area (Å²) in [6, 6.07) is 12.0. The molecular formula is C20H19FN4O2S. The average Bonchev–Trinajstić information content (AvgIpc) is 3.23. The van der Waals surface area contributed by atoms with Crippen LogP contribution in [0.2, 0.25) is 0 Å². The molecule has 28 heavy (non-hydrogen) atoms. The third-order valence-corrected chi connectivity index (χ3v) is 4.70. The van der Waals surface area contributed by atoms with Crippen molar-refractivity contribution in [2.45, 2.75) is 20.4 Å². The van der Waals surface area contributed by atoms with E-state index in [2.05, 4.69) is 15.7 Å². The number of halogens is 1. The molecule has 144 valence electrons. The Morgan fingerprint density at radius 1 is 1.11 bits per heavy atom. The number of aromatic nitrogens is 2. The van der Waals surface area contributed by atoms with E-state index in [9.17, 15) is 4.39 Å². The fraction of sp³-hybridized carbons (Fsp3) is 0.200. The number of ether oxygens (including phenoxy) is 2. The Labute approximate surface area is 167 Å². The minimum Gasteiger partial charge on any atom is -0.454 e. The Balaban J connectivity index is 1.46. The molecule has 0 atom stereocenters. The molecule has 2 aromatic carbocycles. The lowest BCUT2D eigenvalue weighted by molar-refractivity contribution is 0.174. The van der Waals surface area contributed by atoms with Gasteiger partial charge in [-0.05, 0) is 55.9 Å². The van der Waals surface area contributed by atoms with Gasteiger partial charge in [-0.15, -0.1) is 0 Å². The van der Waals surface area contributed by atoms with Crippen molar-refractivity contribution >= 4 is 28.7 Å². The van der Waals surface area contributed by atoms with Crippen molar-refractivity contribution in [1.29, 1.82) is 0 Å². The first-order valence-electron chi connectivity index (χ1n) is 8.76. The number of nitrogens with one attached hydrogen (secondary N) is 2. The maximum Gasteiger partial charge on any atom is 0.231 e. The van der Waals surface area contributed by atoms with Gasteiger partial charge in [0.05, 0.1) is 23.6 Å². The first-order valence-corrected chi connectivity index (χ1v) is 9.16. The Morgan fingerprint density at radius 2 is 1.86 bits per heavy atom. The molecule has 0 fully saturated rings. The molecule has 2 heterocycles. The molecule has 0 aliphatic carbocycles. The highest BCUT2D eigenvalue weighted by Gasteiger charge is 2.15. The summed E-state index contributed by atoms with van der Waals surface area (Å²) in [6.45, 7) is 4.67. The van der Waals surface area contributed by atoms with Crippen LogP contribution in [0.1, 0.15) is 17.0 Å². The Bertz CT molecular complexity index is 1030. The van der Waals surface area contributed by atoms with Crippen molar-refractivity contribution in [3.63, 3.8) is 0 Å². The SMILES string of the molecule is Cc1nn(Cc2ccc(F)cc2)c(C)c1NC(=S)Nc1ccc2c(c1)OCO2. The van der Waals surface area contributed by atoms with Crippen LogP contribution in [0.3, 0.4) is 0 Å². The minimum absolute atomic E-state index is 0.229. The van der Waals surface area contributed by atoms with Crippen LogP contribution < -0.4 is 20.1 Å². The Hall–Kier alpha value is -3.13. The van der Waals surface area contributed by atoms with E-state index in [-0.39, 0.29) is 12.6 Å². The molecule has 2 N–H and O–H groups in total. The van der Waals surface area contributed by atoms with Gasteiger partial charge in [0.25, 0.3) is 0 Å². The number of hydrogen-bond donors (Lipinski definition) is 2. The standard InChI is InChI=1S/C20H19FN4O2S/c1-12-19(13(2)25(24-12)10-14-3-5-15(21)6-4-14)23-20(28)22-16-7-8-17-18(9-16)27-11-26-17/h3-9H,10-11H2,1-2H3,(H2,22,23,28). The van der Waals surface area contributed by atoms with Gasteiger partial charge in [-0.1, -0.05) is 12.1 Å². The van der Waals surface area contributed by atoms with Crippen LogP contribution in [0.15, 0.2) is 42.5 Å². The number of hydrogen-bond acceptors (Lipinski definition) is 4. The first-order chi connectivity index (χ1) is 13.5. The van der Waals surface area contributed by atoms with Crippen LogP contribution in [-0.4, -0.2) is 21.7 Å². The van der Waals surface area contributed by atoms with Gasteiger partial charge >= 0.3 is 0 Å². The van der Waals surface area contributed by atoms with E-state index >= 15 is 0 Å². The zero-order valence-corrected chi connectivity index (χ0v) is 16.3. The van der Waals surface area contributed by atoms with Gasteiger partial charge in [0.2, 0.25) is 6.79 Å². The molecule has 4 rings (SSSR count). The van der Waals surface area contributed by atoms with Gasteiger partial charge in [0.1, 0.15) is 5.82 Å². The van der Waals surface area contributed by atoms with Crippen molar-refractivity contribution < 1.29 is 13.9 Å². The lowest BCUT2D eigenvalue weighted by Gasteiger charge is -2.12. The molecule has 0 amide bonds. The molecule has 0 saturated heterocycles. The fourth-order valence-corrected chi connectivity index (χ4v) is 3.26. The summed E-state index contributed by atoms with van der Waals surface area (Å²) < 4.78 is 25.7. The van der Waals surface area contributed by atoms with Gasteiger partial charge in [0, 0.05) is 11.8 Å². The van der Waals surface area contributed by atoms with E-state index in [1.54, 1.807) is 12.1 Å². The smallest absolute Gasteiger partial charge is 0.231 e. The van der Waals surface area contributed by atoms with E-state index in [4.69, 9.17) is 21.7 Å². The molecule has 0 saturated carbocycles. The van der Waals surface area contributed by atoms with Gasteiger partial charge in [-0.25, -0.2) is 4.39 Å². The van der Waals surface area contributed by atoms with E-state index in [1.807, 2.05) is 36.7 Å². The number of anilines is 2. The Kier molecular flexibility index (Phi) is 4.87. The van der Waals surface area contributed by atoms with Gasteiger partial charge in [0.15, 0.2) is 16.6 Å². The minimum atomic E-state index is -0.251. The molecule has 1 aliphatic rings. The van der Waals surface area contributed by atoms with E-state index in [0.717, 1.165) is 34.1 Å². The molecule has 1 aromatic heterocycles. The van der Waals surface area contributed by atoms with Crippen LogP contribution in [0.25, 0.3) is 0 Å². The second kappa shape index (κ2) is 7.47.